The molecule has 0 spiro atoms. The van der Waals surface area contributed by atoms with Crippen molar-refractivity contribution < 1.29 is 22.7 Å². The van der Waals surface area contributed by atoms with Gasteiger partial charge in [-0.2, -0.15) is 0 Å². The molecule has 0 saturated heterocycles. The summed E-state index contributed by atoms with van der Waals surface area (Å²) in [4.78, 5) is 12.6. The highest BCUT2D eigenvalue weighted by atomic mass is 32.2. The maximum absolute atomic E-state index is 12.7. The summed E-state index contributed by atoms with van der Waals surface area (Å²) in [7, 11) is -2.13. The van der Waals surface area contributed by atoms with Gasteiger partial charge in [-0.25, -0.2) is 8.42 Å². The highest BCUT2D eigenvalue weighted by molar-refractivity contribution is 8.00. The van der Waals surface area contributed by atoms with Crippen LogP contribution in [0.25, 0.3) is 4.91 Å². The molecular weight excluding hydrogens is 342 g/mol. The molecule has 1 amide bonds. The minimum Gasteiger partial charge on any atom is -0.495 e. The molecule has 1 heterocycles. The first-order valence-electron chi connectivity index (χ1n) is 7.62. The van der Waals surface area contributed by atoms with Gasteiger partial charge in [0.25, 0.3) is 5.91 Å². The second-order valence-corrected chi connectivity index (χ2v) is 7.39. The molecule has 0 aromatic heterocycles. The number of rotatable bonds is 4. The van der Waals surface area contributed by atoms with Gasteiger partial charge in [0.2, 0.25) is 5.76 Å². The molecule has 2 aromatic carbocycles. The minimum absolute atomic E-state index is 0.0622. The molecule has 0 saturated carbocycles. The Bertz CT molecular complexity index is 919. The van der Waals surface area contributed by atoms with Gasteiger partial charge in [-0.15, -0.1) is 0 Å². The van der Waals surface area contributed by atoms with Crippen molar-refractivity contribution in [2.75, 3.05) is 24.8 Å². The predicted octanol–water partition coefficient (Wildman–Crippen LogP) is 2.45. The Kier molecular flexibility index (Phi) is 4.76. The third-order valence-corrected chi connectivity index (χ3v) is 5.46. The number of carbonyl (C=O) groups is 1. The van der Waals surface area contributed by atoms with E-state index in [2.05, 4.69) is 5.32 Å². The van der Waals surface area contributed by atoms with E-state index in [1.807, 2.05) is 0 Å². The van der Waals surface area contributed by atoms with Crippen molar-refractivity contribution in [1.29, 1.82) is 0 Å². The summed E-state index contributed by atoms with van der Waals surface area (Å²) in [5, 5.41) is 2.66. The van der Waals surface area contributed by atoms with Crippen LogP contribution in [-0.2, 0) is 19.4 Å². The lowest BCUT2D eigenvalue weighted by Crippen LogP contribution is -2.28. The number of para-hydroxylation sites is 2. The molecule has 0 aliphatic carbocycles. The normalized spacial score (nSPS) is 16.0. The average molecular weight is 359 g/mol. The topological polar surface area (TPSA) is 81.7 Å². The highest BCUT2D eigenvalue weighted by Crippen LogP contribution is 2.31. The quantitative estimate of drug-likeness (QED) is 0.907. The molecule has 7 heteroatoms. The van der Waals surface area contributed by atoms with E-state index >= 15 is 0 Å². The maximum atomic E-state index is 12.7. The zero-order valence-corrected chi connectivity index (χ0v) is 14.4. The molecule has 1 aliphatic heterocycles. The molecule has 0 radical (unpaired) electrons. The Morgan fingerprint density at radius 2 is 1.76 bits per heavy atom. The second kappa shape index (κ2) is 6.98. The summed E-state index contributed by atoms with van der Waals surface area (Å²) in [6.45, 7) is -0.0622. The van der Waals surface area contributed by atoms with Crippen LogP contribution in [0.5, 0.6) is 5.75 Å². The van der Waals surface area contributed by atoms with Gasteiger partial charge in [0, 0.05) is 0 Å². The molecule has 130 valence electrons. The molecule has 1 N–H and O–H groups in total. The molecule has 2 aromatic rings. The third-order valence-electron chi connectivity index (χ3n) is 3.71. The van der Waals surface area contributed by atoms with E-state index in [9.17, 15) is 13.2 Å². The van der Waals surface area contributed by atoms with E-state index in [1.54, 1.807) is 54.6 Å². The van der Waals surface area contributed by atoms with Crippen molar-refractivity contribution >= 4 is 26.3 Å². The van der Waals surface area contributed by atoms with Crippen LogP contribution >= 0.6 is 0 Å². The van der Waals surface area contributed by atoms with Gasteiger partial charge in [0.1, 0.15) is 17.3 Å². The van der Waals surface area contributed by atoms with Crippen LogP contribution < -0.4 is 10.1 Å². The van der Waals surface area contributed by atoms with Gasteiger partial charge >= 0.3 is 0 Å². The Hall–Kier alpha value is -2.80. The number of carbonyl (C=O) groups excluding carboxylic acids is 1. The second-order valence-electron chi connectivity index (χ2n) is 5.35. The van der Waals surface area contributed by atoms with E-state index in [4.69, 9.17) is 9.47 Å². The van der Waals surface area contributed by atoms with E-state index in [0.29, 0.717) is 17.0 Å². The van der Waals surface area contributed by atoms with Gasteiger partial charge in [0.15, 0.2) is 9.84 Å². The molecular formula is C18H17NO5S. The fourth-order valence-electron chi connectivity index (χ4n) is 2.56. The summed E-state index contributed by atoms with van der Waals surface area (Å²) in [5.41, 5.74) is 0.855. The summed E-state index contributed by atoms with van der Waals surface area (Å²) < 4.78 is 35.7. The fourth-order valence-corrected chi connectivity index (χ4v) is 3.99. The Balaban J connectivity index is 2.05. The average Bonchev–Trinajstić information content (AvgIpc) is 2.62. The lowest BCUT2D eigenvalue weighted by molar-refractivity contribution is -0.115. The van der Waals surface area contributed by atoms with Crippen LogP contribution in [0.4, 0.5) is 5.69 Å². The van der Waals surface area contributed by atoms with Gasteiger partial charge in [0.05, 0.1) is 18.6 Å². The van der Waals surface area contributed by atoms with E-state index in [-0.39, 0.29) is 23.0 Å². The van der Waals surface area contributed by atoms with Crippen LogP contribution in [-0.4, -0.2) is 33.8 Å². The number of hydrogen-bond acceptors (Lipinski definition) is 5. The number of benzene rings is 2. The molecule has 0 atom stereocenters. The summed E-state index contributed by atoms with van der Waals surface area (Å²) in [5.74, 6) is -0.533. The molecule has 0 unspecified atom stereocenters. The van der Waals surface area contributed by atoms with Crippen LogP contribution in [0.3, 0.4) is 0 Å². The number of sulfone groups is 1. The van der Waals surface area contributed by atoms with Crippen molar-refractivity contribution in [3.05, 3.63) is 65.9 Å². The zero-order valence-electron chi connectivity index (χ0n) is 13.6. The van der Waals surface area contributed by atoms with Crippen molar-refractivity contribution in [1.82, 2.24) is 0 Å². The van der Waals surface area contributed by atoms with Crippen molar-refractivity contribution in [2.24, 2.45) is 0 Å². The highest BCUT2D eigenvalue weighted by Gasteiger charge is 2.33. The number of amides is 1. The summed E-state index contributed by atoms with van der Waals surface area (Å²) >= 11 is 0. The number of anilines is 1. The number of hydrogen-bond donors (Lipinski definition) is 1. The van der Waals surface area contributed by atoms with Crippen LogP contribution in [0.2, 0.25) is 0 Å². The lowest BCUT2D eigenvalue weighted by atomic mass is 10.2. The first-order valence-corrected chi connectivity index (χ1v) is 9.28. The monoisotopic (exact) mass is 359 g/mol. The number of nitrogens with one attached hydrogen (secondary N) is 1. The Morgan fingerprint density at radius 1 is 1.08 bits per heavy atom. The molecule has 0 bridgehead atoms. The van der Waals surface area contributed by atoms with Crippen molar-refractivity contribution in [3.63, 3.8) is 0 Å². The summed E-state index contributed by atoms with van der Waals surface area (Å²) in [6.07, 6.45) is 0. The van der Waals surface area contributed by atoms with Gasteiger partial charge < -0.3 is 14.8 Å². The van der Waals surface area contributed by atoms with Gasteiger partial charge in [-0.3, -0.25) is 4.79 Å². The number of ether oxygens (including phenoxy) is 2. The molecule has 1 aliphatic rings. The van der Waals surface area contributed by atoms with Crippen molar-refractivity contribution in [3.8, 4) is 5.75 Å². The minimum atomic E-state index is -3.62. The maximum Gasteiger partial charge on any atom is 0.292 e. The van der Waals surface area contributed by atoms with Crippen molar-refractivity contribution in [2.45, 2.75) is 0 Å². The Labute approximate surface area is 146 Å². The predicted molar refractivity (Wildman–Crippen MR) is 94.7 cm³/mol. The molecule has 25 heavy (non-hydrogen) atoms. The number of methoxy groups -OCH3 is 1. The van der Waals surface area contributed by atoms with Gasteiger partial charge in [-0.05, 0) is 17.7 Å². The SMILES string of the molecule is COc1ccccc1NC(=O)C1=C(c2ccccc2)S(=O)(=O)CCO1. The van der Waals surface area contributed by atoms with Crippen LogP contribution in [0.15, 0.2) is 60.4 Å². The summed E-state index contributed by atoms with van der Waals surface area (Å²) in [6, 6.07) is 15.3. The van der Waals surface area contributed by atoms with Crippen LogP contribution in [0.1, 0.15) is 5.56 Å². The van der Waals surface area contributed by atoms with E-state index in [0.717, 1.165) is 0 Å². The lowest BCUT2D eigenvalue weighted by Gasteiger charge is -2.21. The molecule has 6 nitrogen and oxygen atoms in total. The van der Waals surface area contributed by atoms with E-state index in [1.165, 1.54) is 7.11 Å². The third kappa shape index (κ3) is 3.51. The molecule has 0 fully saturated rings. The zero-order chi connectivity index (χ0) is 17.9. The largest absolute Gasteiger partial charge is 0.495 e. The Morgan fingerprint density at radius 3 is 2.48 bits per heavy atom. The fraction of sp³-hybridized carbons (Fsp3) is 0.167. The first-order chi connectivity index (χ1) is 12.0. The van der Waals surface area contributed by atoms with Gasteiger partial charge in [-0.1, -0.05) is 42.5 Å². The molecule has 3 rings (SSSR count). The van der Waals surface area contributed by atoms with Crippen LogP contribution in [0, 0.1) is 0 Å². The van der Waals surface area contributed by atoms with E-state index < -0.39 is 15.7 Å². The first kappa shape index (κ1) is 17.0. The smallest absolute Gasteiger partial charge is 0.292 e. The standard InChI is InChI=1S/C18H17NO5S/c1-23-15-10-6-5-9-14(15)19-18(20)16-17(13-7-3-2-4-8-13)25(21,22)12-11-24-16/h2-10H,11-12H2,1H3,(H,19,20).